The molecule has 1 amide bonds. The minimum absolute atomic E-state index is 0.0196. The third kappa shape index (κ3) is 4.97. The molecular formula is C22H25N3O3. The summed E-state index contributed by atoms with van der Waals surface area (Å²) in [6, 6.07) is 15.0. The van der Waals surface area contributed by atoms with E-state index in [0.29, 0.717) is 42.7 Å². The number of aromatic amines is 1. The average molecular weight is 379 g/mol. The van der Waals surface area contributed by atoms with Crippen LogP contribution in [-0.2, 0) is 11.3 Å². The first-order chi connectivity index (χ1) is 13.6. The highest BCUT2D eigenvalue weighted by Gasteiger charge is 2.14. The van der Waals surface area contributed by atoms with Gasteiger partial charge in [-0.3, -0.25) is 9.59 Å². The molecule has 0 saturated heterocycles. The Morgan fingerprint density at radius 2 is 2.00 bits per heavy atom. The Bertz CT molecular complexity index is 1010. The van der Waals surface area contributed by atoms with Crippen LogP contribution in [0.25, 0.3) is 10.9 Å². The SMILES string of the molecule is CCN(Cc1nc2ccccc2c(=O)[nH]1)C(=O)CCCOc1cccc(C)c1. The van der Waals surface area contributed by atoms with Crippen molar-refractivity contribution in [1.82, 2.24) is 14.9 Å². The monoisotopic (exact) mass is 379 g/mol. The summed E-state index contributed by atoms with van der Waals surface area (Å²) in [6.07, 6.45) is 1.02. The number of carbonyl (C=O) groups is 1. The quantitative estimate of drug-likeness (QED) is 0.609. The highest BCUT2D eigenvalue weighted by Crippen LogP contribution is 2.13. The summed E-state index contributed by atoms with van der Waals surface area (Å²) in [5.41, 5.74) is 1.59. The van der Waals surface area contributed by atoms with Crippen LogP contribution >= 0.6 is 0 Å². The second kappa shape index (κ2) is 9.17. The Kier molecular flexibility index (Phi) is 6.42. The molecule has 0 aliphatic carbocycles. The molecule has 146 valence electrons. The second-order valence-corrected chi connectivity index (χ2v) is 6.71. The Balaban J connectivity index is 1.55. The van der Waals surface area contributed by atoms with Gasteiger partial charge < -0.3 is 14.6 Å². The molecule has 2 aromatic carbocycles. The van der Waals surface area contributed by atoms with E-state index in [-0.39, 0.29) is 18.0 Å². The first-order valence-corrected chi connectivity index (χ1v) is 9.52. The average Bonchev–Trinajstić information content (AvgIpc) is 2.69. The van der Waals surface area contributed by atoms with Crippen LogP contribution in [0.4, 0.5) is 0 Å². The van der Waals surface area contributed by atoms with E-state index in [1.165, 1.54) is 0 Å². The Hall–Kier alpha value is -3.15. The largest absolute Gasteiger partial charge is 0.494 e. The molecular weight excluding hydrogens is 354 g/mol. The van der Waals surface area contributed by atoms with Crippen LogP contribution in [0.3, 0.4) is 0 Å². The Morgan fingerprint density at radius 1 is 1.18 bits per heavy atom. The van der Waals surface area contributed by atoms with E-state index in [2.05, 4.69) is 9.97 Å². The molecule has 28 heavy (non-hydrogen) atoms. The number of hydrogen-bond donors (Lipinski definition) is 1. The molecule has 0 aliphatic rings. The summed E-state index contributed by atoms with van der Waals surface area (Å²) in [7, 11) is 0. The van der Waals surface area contributed by atoms with Gasteiger partial charge in [0.25, 0.3) is 5.56 Å². The van der Waals surface area contributed by atoms with Crippen molar-refractivity contribution in [2.75, 3.05) is 13.2 Å². The summed E-state index contributed by atoms with van der Waals surface area (Å²) in [4.78, 5) is 33.7. The van der Waals surface area contributed by atoms with Gasteiger partial charge in [-0.1, -0.05) is 24.3 Å². The van der Waals surface area contributed by atoms with E-state index in [4.69, 9.17) is 4.74 Å². The van der Waals surface area contributed by atoms with Crippen LogP contribution in [0.1, 0.15) is 31.2 Å². The van der Waals surface area contributed by atoms with Gasteiger partial charge in [-0.2, -0.15) is 0 Å². The molecule has 0 saturated carbocycles. The molecule has 1 heterocycles. The highest BCUT2D eigenvalue weighted by molar-refractivity contribution is 5.77. The van der Waals surface area contributed by atoms with Crippen molar-refractivity contribution in [2.45, 2.75) is 33.2 Å². The lowest BCUT2D eigenvalue weighted by Gasteiger charge is -2.20. The number of rotatable bonds is 8. The highest BCUT2D eigenvalue weighted by atomic mass is 16.5. The Morgan fingerprint density at radius 3 is 2.79 bits per heavy atom. The number of aryl methyl sites for hydroxylation is 1. The summed E-state index contributed by atoms with van der Waals surface area (Å²) in [5, 5.41) is 0.550. The lowest BCUT2D eigenvalue weighted by molar-refractivity contribution is -0.131. The van der Waals surface area contributed by atoms with Crippen molar-refractivity contribution in [3.63, 3.8) is 0 Å². The zero-order valence-corrected chi connectivity index (χ0v) is 16.3. The lowest BCUT2D eigenvalue weighted by atomic mass is 10.2. The molecule has 0 bridgehead atoms. The normalized spacial score (nSPS) is 10.8. The molecule has 3 rings (SSSR count). The van der Waals surface area contributed by atoms with Gasteiger partial charge in [-0.15, -0.1) is 0 Å². The molecule has 1 aromatic heterocycles. The standard InChI is InChI=1S/C22H25N3O3/c1-3-25(15-20-23-19-11-5-4-10-18(19)22(27)24-20)21(26)12-7-13-28-17-9-6-8-16(2)14-17/h4-6,8-11,14H,3,7,12-13,15H2,1-2H3,(H,23,24,27). The van der Waals surface area contributed by atoms with E-state index in [1.807, 2.05) is 44.2 Å². The van der Waals surface area contributed by atoms with Gasteiger partial charge in [0.1, 0.15) is 11.6 Å². The fourth-order valence-corrected chi connectivity index (χ4v) is 3.04. The number of amides is 1. The molecule has 0 atom stereocenters. The molecule has 0 fully saturated rings. The number of nitrogens with zero attached hydrogens (tertiary/aromatic N) is 2. The predicted octanol–water partition coefficient (Wildman–Crippen LogP) is 3.44. The van der Waals surface area contributed by atoms with E-state index in [9.17, 15) is 9.59 Å². The third-order valence-electron chi connectivity index (χ3n) is 4.53. The lowest BCUT2D eigenvalue weighted by Crippen LogP contribution is -2.32. The fourth-order valence-electron chi connectivity index (χ4n) is 3.04. The Labute approximate surface area is 164 Å². The van der Waals surface area contributed by atoms with Gasteiger partial charge in [-0.25, -0.2) is 4.98 Å². The number of fused-ring (bicyclic) bond motifs is 1. The maximum atomic E-state index is 12.5. The number of aromatic nitrogens is 2. The molecule has 0 aliphatic heterocycles. The van der Waals surface area contributed by atoms with E-state index in [1.54, 1.807) is 23.1 Å². The summed E-state index contributed by atoms with van der Waals surface area (Å²) in [6.45, 7) is 5.25. The third-order valence-corrected chi connectivity index (χ3v) is 4.53. The summed E-state index contributed by atoms with van der Waals surface area (Å²) < 4.78 is 5.70. The van der Waals surface area contributed by atoms with E-state index in [0.717, 1.165) is 11.3 Å². The number of hydrogen-bond acceptors (Lipinski definition) is 4. The van der Waals surface area contributed by atoms with Crippen LogP contribution in [0.5, 0.6) is 5.75 Å². The van der Waals surface area contributed by atoms with Gasteiger partial charge in [0, 0.05) is 13.0 Å². The maximum absolute atomic E-state index is 12.5. The van der Waals surface area contributed by atoms with Gasteiger partial charge in [0.2, 0.25) is 5.91 Å². The van der Waals surface area contributed by atoms with Crippen molar-refractivity contribution in [2.24, 2.45) is 0 Å². The van der Waals surface area contributed by atoms with Gasteiger partial charge >= 0.3 is 0 Å². The van der Waals surface area contributed by atoms with E-state index >= 15 is 0 Å². The molecule has 1 N–H and O–H groups in total. The number of para-hydroxylation sites is 1. The molecule has 0 unspecified atom stereocenters. The van der Waals surface area contributed by atoms with Crippen LogP contribution < -0.4 is 10.3 Å². The van der Waals surface area contributed by atoms with Crippen LogP contribution in [-0.4, -0.2) is 33.9 Å². The zero-order chi connectivity index (χ0) is 19.9. The fraction of sp³-hybridized carbons (Fsp3) is 0.318. The van der Waals surface area contributed by atoms with Crippen molar-refractivity contribution < 1.29 is 9.53 Å². The molecule has 6 heteroatoms. The van der Waals surface area contributed by atoms with Crippen molar-refractivity contribution in [3.05, 3.63) is 70.3 Å². The van der Waals surface area contributed by atoms with Gasteiger partial charge in [-0.05, 0) is 50.1 Å². The van der Waals surface area contributed by atoms with Crippen LogP contribution in [0.2, 0.25) is 0 Å². The van der Waals surface area contributed by atoms with Gasteiger partial charge in [0.15, 0.2) is 0 Å². The molecule has 3 aromatic rings. The summed E-state index contributed by atoms with van der Waals surface area (Å²) >= 11 is 0. The van der Waals surface area contributed by atoms with E-state index < -0.39 is 0 Å². The maximum Gasteiger partial charge on any atom is 0.258 e. The molecule has 0 spiro atoms. The number of nitrogens with one attached hydrogen (secondary N) is 1. The first kappa shape index (κ1) is 19.6. The second-order valence-electron chi connectivity index (χ2n) is 6.71. The topological polar surface area (TPSA) is 75.3 Å². The summed E-state index contributed by atoms with van der Waals surface area (Å²) in [5.74, 6) is 1.33. The number of carbonyl (C=O) groups excluding carboxylic acids is 1. The first-order valence-electron chi connectivity index (χ1n) is 9.52. The molecule has 0 radical (unpaired) electrons. The van der Waals surface area contributed by atoms with Crippen LogP contribution in [0, 0.1) is 6.92 Å². The van der Waals surface area contributed by atoms with Crippen molar-refractivity contribution in [1.29, 1.82) is 0 Å². The van der Waals surface area contributed by atoms with Crippen LogP contribution in [0.15, 0.2) is 53.3 Å². The number of benzene rings is 2. The minimum atomic E-state index is -0.185. The van der Waals surface area contributed by atoms with Crippen molar-refractivity contribution >= 4 is 16.8 Å². The predicted molar refractivity (Wildman–Crippen MR) is 109 cm³/mol. The smallest absolute Gasteiger partial charge is 0.258 e. The number of H-pyrrole nitrogens is 1. The van der Waals surface area contributed by atoms with Crippen molar-refractivity contribution in [3.8, 4) is 5.75 Å². The molecule has 6 nitrogen and oxygen atoms in total. The zero-order valence-electron chi connectivity index (χ0n) is 16.3. The minimum Gasteiger partial charge on any atom is -0.494 e. The van der Waals surface area contributed by atoms with Gasteiger partial charge in [0.05, 0.1) is 24.1 Å². The number of ether oxygens (including phenoxy) is 1.